The minimum Gasteiger partial charge on any atom is -0.455 e. The van der Waals surface area contributed by atoms with Gasteiger partial charge in [-0.25, -0.2) is 0 Å². The van der Waals surface area contributed by atoms with Gasteiger partial charge in [0.15, 0.2) is 6.61 Å². The summed E-state index contributed by atoms with van der Waals surface area (Å²) in [4.78, 5) is 46.4. The maximum absolute atomic E-state index is 11.6. The van der Waals surface area contributed by atoms with E-state index in [2.05, 4.69) is 14.2 Å². The van der Waals surface area contributed by atoms with Gasteiger partial charge in [-0.15, -0.1) is 0 Å². The van der Waals surface area contributed by atoms with E-state index in [0.717, 1.165) is 6.92 Å². The Hall–Kier alpha value is -2.12. The summed E-state index contributed by atoms with van der Waals surface area (Å²) in [7, 11) is 0. The number of carbonyl (C=O) groups excluding carboxylic acids is 4. The van der Waals surface area contributed by atoms with Crippen molar-refractivity contribution in [3.63, 3.8) is 0 Å². The molecule has 8 heteroatoms. The lowest BCUT2D eigenvalue weighted by molar-refractivity contribution is -0.184. The van der Waals surface area contributed by atoms with Crippen molar-refractivity contribution in [3.8, 4) is 0 Å². The minimum atomic E-state index is -1.08. The van der Waals surface area contributed by atoms with Crippen molar-refractivity contribution in [1.29, 1.82) is 0 Å². The van der Waals surface area contributed by atoms with Crippen molar-refractivity contribution in [1.82, 2.24) is 4.90 Å². The lowest BCUT2D eigenvalue weighted by Crippen LogP contribution is -2.34. The topological polar surface area (TPSA) is 99.2 Å². The minimum absolute atomic E-state index is 0.338. The molecule has 0 aromatic rings. The number of ether oxygens (including phenoxy) is 3. The number of likely N-dealkylation sites (N-methyl/N-ethyl adjacent to an activating group) is 1. The third-order valence-corrected chi connectivity index (χ3v) is 2.39. The molecule has 0 aliphatic heterocycles. The summed E-state index contributed by atoms with van der Waals surface area (Å²) in [5.41, 5.74) is 0. The Morgan fingerprint density at radius 2 is 1.57 bits per heavy atom. The second-order valence-corrected chi connectivity index (χ2v) is 4.07. The Morgan fingerprint density at radius 3 is 2.05 bits per heavy atom. The van der Waals surface area contributed by atoms with Gasteiger partial charge < -0.3 is 19.1 Å². The highest BCUT2D eigenvalue weighted by Gasteiger charge is 2.18. The molecule has 8 nitrogen and oxygen atoms in total. The van der Waals surface area contributed by atoms with Gasteiger partial charge in [0.25, 0.3) is 5.91 Å². The van der Waals surface area contributed by atoms with E-state index in [0.29, 0.717) is 13.1 Å². The average molecular weight is 303 g/mol. The zero-order valence-electron chi connectivity index (χ0n) is 12.7. The molecule has 0 aromatic heterocycles. The molecule has 0 fully saturated rings. The number of nitrogens with zero attached hydrogens (tertiary/aromatic N) is 1. The number of rotatable bonds is 8. The highest BCUT2D eigenvalue weighted by atomic mass is 16.7. The quantitative estimate of drug-likeness (QED) is 0.360. The summed E-state index contributed by atoms with van der Waals surface area (Å²) >= 11 is 0. The van der Waals surface area contributed by atoms with Gasteiger partial charge in [0.2, 0.25) is 6.29 Å². The molecule has 0 rings (SSSR count). The van der Waals surface area contributed by atoms with E-state index >= 15 is 0 Å². The third kappa shape index (κ3) is 8.61. The normalized spacial score (nSPS) is 11.2. The Balaban J connectivity index is 4.06. The molecular weight excluding hydrogens is 282 g/mol. The van der Waals surface area contributed by atoms with Crippen LogP contribution in [-0.2, 0) is 33.4 Å². The van der Waals surface area contributed by atoms with Crippen LogP contribution in [0, 0.1) is 0 Å². The fourth-order valence-corrected chi connectivity index (χ4v) is 1.46. The monoisotopic (exact) mass is 303 g/mol. The molecule has 1 atom stereocenters. The predicted octanol–water partition coefficient (Wildman–Crippen LogP) is 0.240. The first-order valence-corrected chi connectivity index (χ1v) is 6.60. The SMILES string of the molecule is CCN(CC)C(=O)COC(=O)CC(=O)OC(C)OC(C)=O. The first kappa shape index (κ1) is 18.9. The number of amides is 1. The molecular formula is C13H21NO7. The summed E-state index contributed by atoms with van der Waals surface area (Å²) in [5.74, 6) is -2.72. The van der Waals surface area contributed by atoms with Crippen LogP contribution in [0.4, 0.5) is 0 Å². The molecule has 0 aliphatic carbocycles. The number of carbonyl (C=O) groups is 4. The second-order valence-electron chi connectivity index (χ2n) is 4.07. The molecule has 0 N–H and O–H groups in total. The smallest absolute Gasteiger partial charge is 0.320 e. The zero-order chi connectivity index (χ0) is 16.4. The van der Waals surface area contributed by atoms with Gasteiger partial charge in [0.05, 0.1) is 0 Å². The molecule has 0 saturated carbocycles. The second kappa shape index (κ2) is 9.73. The Bertz CT molecular complexity index is 390. The predicted molar refractivity (Wildman–Crippen MR) is 70.8 cm³/mol. The molecule has 0 radical (unpaired) electrons. The van der Waals surface area contributed by atoms with Crippen LogP contribution in [0.1, 0.15) is 34.1 Å². The lowest BCUT2D eigenvalue weighted by atomic mass is 10.4. The maximum Gasteiger partial charge on any atom is 0.320 e. The number of hydrogen-bond acceptors (Lipinski definition) is 7. The Labute approximate surface area is 123 Å². The first-order chi connectivity index (χ1) is 9.79. The summed E-state index contributed by atoms with van der Waals surface area (Å²) in [5, 5.41) is 0. The molecule has 0 bridgehead atoms. The lowest BCUT2D eigenvalue weighted by Gasteiger charge is -2.18. The van der Waals surface area contributed by atoms with E-state index < -0.39 is 37.2 Å². The fourth-order valence-electron chi connectivity index (χ4n) is 1.46. The van der Waals surface area contributed by atoms with Crippen LogP contribution in [0.15, 0.2) is 0 Å². The van der Waals surface area contributed by atoms with Crippen molar-refractivity contribution in [2.75, 3.05) is 19.7 Å². The summed E-state index contributed by atoms with van der Waals surface area (Å²) < 4.78 is 13.9. The highest BCUT2D eigenvalue weighted by Crippen LogP contribution is 1.99. The van der Waals surface area contributed by atoms with Crippen molar-refractivity contribution in [2.45, 2.75) is 40.4 Å². The van der Waals surface area contributed by atoms with E-state index in [1.54, 1.807) is 13.8 Å². The Morgan fingerprint density at radius 1 is 1.00 bits per heavy atom. The summed E-state index contributed by atoms with van der Waals surface area (Å²) in [6.45, 7) is 6.71. The largest absolute Gasteiger partial charge is 0.455 e. The van der Waals surface area contributed by atoms with Crippen molar-refractivity contribution in [2.24, 2.45) is 0 Å². The van der Waals surface area contributed by atoms with Crippen molar-refractivity contribution in [3.05, 3.63) is 0 Å². The van der Waals surface area contributed by atoms with Crippen LogP contribution < -0.4 is 0 Å². The third-order valence-electron chi connectivity index (χ3n) is 2.39. The van der Waals surface area contributed by atoms with Gasteiger partial charge in [-0.1, -0.05) is 0 Å². The molecule has 0 aliphatic rings. The number of hydrogen-bond donors (Lipinski definition) is 0. The summed E-state index contributed by atoms with van der Waals surface area (Å²) in [6, 6.07) is 0. The van der Waals surface area contributed by atoms with E-state index in [1.807, 2.05) is 0 Å². The van der Waals surface area contributed by atoms with Crippen molar-refractivity contribution >= 4 is 23.8 Å². The standard InChI is InChI=1S/C13H21NO7/c1-5-14(6-2)11(16)8-19-12(17)7-13(18)21-10(4)20-9(3)15/h10H,5-8H2,1-4H3. The van der Waals surface area contributed by atoms with Crippen LogP contribution >= 0.6 is 0 Å². The zero-order valence-corrected chi connectivity index (χ0v) is 12.7. The van der Waals surface area contributed by atoms with Gasteiger partial charge in [-0.3, -0.25) is 19.2 Å². The van der Waals surface area contributed by atoms with Crippen LogP contribution in [0.25, 0.3) is 0 Å². The van der Waals surface area contributed by atoms with Gasteiger partial charge in [-0.05, 0) is 13.8 Å². The van der Waals surface area contributed by atoms with Crippen LogP contribution in [0.5, 0.6) is 0 Å². The van der Waals surface area contributed by atoms with Gasteiger partial charge >= 0.3 is 17.9 Å². The molecule has 0 saturated heterocycles. The molecule has 0 spiro atoms. The van der Waals surface area contributed by atoms with E-state index in [4.69, 9.17) is 0 Å². The van der Waals surface area contributed by atoms with Gasteiger partial charge in [0, 0.05) is 26.9 Å². The molecule has 0 heterocycles. The highest BCUT2D eigenvalue weighted by molar-refractivity contribution is 5.92. The molecule has 1 amide bonds. The van der Waals surface area contributed by atoms with E-state index in [1.165, 1.54) is 11.8 Å². The van der Waals surface area contributed by atoms with Crippen LogP contribution in [-0.4, -0.2) is 54.7 Å². The van der Waals surface area contributed by atoms with Crippen LogP contribution in [0.2, 0.25) is 0 Å². The molecule has 120 valence electrons. The van der Waals surface area contributed by atoms with Gasteiger partial charge in [-0.2, -0.15) is 0 Å². The average Bonchev–Trinajstić information content (AvgIpc) is 2.36. The molecule has 0 aromatic carbocycles. The number of esters is 3. The maximum atomic E-state index is 11.6. The van der Waals surface area contributed by atoms with E-state index in [-0.39, 0.29) is 5.91 Å². The molecule has 1 unspecified atom stereocenters. The summed E-state index contributed by atoms with van der Waals surface area (Å²) in [6.07, 6.45) is -1.74. The Kier molecular flexibility index (Phi) is 8.75. The van der Waals surface area contributed by atoms with Gasteiger partial charge in [0.1, 0.15) is 6.42 Å². The first-order valence-electron chi connectivity index (χ1n) is 6.60. The van der Waals surface area contributed by atoms with Crippen LogP contribution in [0.3, 0.4) is 0 Å². The van der Waals surface area contributed by atoms with Crippen molar-refractivity contribution < 1.29 is 33.4 Å². The molecule has 21 heavy (non-hydrogen) atoms. The van der Waals surface area contributed by atoms with E-state index in [9.17, 15) is 19.2 Å². The fraction of sp³-hybridized carbons (Fsp3) is 0.692.